The van der Waals surface area contributed by atoms with Gasteiger partial charge in [0.2, 0.25) is 5.91 Å². The molecule has 1 heterocycles. The van der Waals surface area contributed by atoms with Crippen molar-refractivity contribution in [2.45, 2.75) is 6.92 Å². The van der Waals surface area contributed by atoms with Gasteiger partial charge >= 0.3 is 5.69 Å². The fraction of sp³-hybridized carbons (Fsp3) is 0.214. The SMILES string of the molecule is C#N.C#N.CC(=O)NN=Cc1ccc2c(c1)n(C)c(=O)n2C. The van der Waals surface area contributed by atoms with Crippen LogP contribution in [-0.4, -0.2) is 21.3 Å². The van der Waals surface area contributed by atoms with Gasteiger partial charge in [0, 0.05) is 34.2 Å². The molecule has 22 heavy (non-hydrogen) atoms. The number of imidazole rings is 1. The lowest BCUT2D eigenvalue weighted by Gasteiger charge is -1.97. The van der Waals surface area contributed by atoms with Crippen molar-refractivity contribution in [1.29, 1.82) is 10.5 Å². The summed E-state index contributed by atoms with van der Waals surface area (Å²) >= 11 is 0. The minimum atomic E-state index is -0.223. The number of carbonyl (C=O) groups is 1. The molecule has 0 spiro atoms. The fourth-order valence-electron chi connectivity index (χ4n) is 1.80. The molecular weight excluding hydrogens is 284 g/mol. The van der Waals surface area contributed by atoms with Crippen molar-refractivity contribution in [2.75, 3.05) is 0 Å². The second-order valence-corrected chi connectivity index (χ2v) is 4.07. The zero-order chi connectivity index (χ0) is 17.3. The van der Waals surface area contributed by atoms with E-state index >= 15 is 0 Å². The highest BCUT2D eigenvalue weighted by Gasteiger charge is 2.07. The Bertz CT molecular complexity index is 773. The zero-order valence-corrected chi connectivity index (χ0v) is 12.5. The number of hydrazone groups is 1. The van der Waals surface area contributed by atoms with Crippen LogP contribution in [0.25, 0.3) is 11.0 Å². The van der Waals surface area contributed by atoms with Gasteiger partial charge in [-0.05, 0) is 17.7 Å². The zero-order valence-electron chi connectivity index (χ0n) is 12.5. The van der Waals surface area contributed by atoms with E-state index in [1.54, 1.807) is 23.2 Å². The molecule has 0 aliphatic carbocycles. The van der Waals surface area contributed by atoms with Gasteiger partial charge in [0.05, 0.1) is 17.2 Å². The molecule has 0 radical (unpaired) electrons. The van der Waals surface area contributed by atoms with Crippen LogP contribution >= 0.6 is 0 Å². The number of rotatable bonds is 2. The van der Waals surface area contributed by atoms with Gasteiger partial charge in [-0.25, -0.2) is 20.7 Å². The molecule has 8 nitrogen and oxygen atoms in total. The molecule has 0 aliphatic heterocycles. The first-order chi connectivity index (χ1) is 10.5. The van der Waals surface area contributed by atoms with Crippen molar-refractivity contribution in [3.63, 3.8) is 0 Å². The predicted molar refractivity (Wildman–Crippen MR) is 82.9 cm³/mol. The number of aromatic nitrogens is 2. The first-order valence-corrected chi connectivity index (χ1v) is 5.97. The van der Waals surface area contributed by atoms with Gasteiger partial charge in [0.1, 0.15) is 0 Å². The highest BCUT2D eigenvalue weighted by Crippen LogP contribution is 2.12. The van der Waals surface area contributed by atoms with Crippen LogP contribution in [0.2, 0.25) is 0 Å². The number of amides is 1. The van der Waals surface area contributed by atoms with Crippen LogP contribution in [0.5, 0.6) is 0 Å². The number of benzene rings is 1. The molecule has 1 aromatic carbocycles. The van der Waals surface area contributed by atoms with Crippen molar-refractivity contribution in [2.24, 2.45) is 19.2 Å². The van der Waals surface area contributed by atoms with E-state index in [1.807, 2.05) is 18.2 Å². The standard InChI is InChI=1S/C12H14N4O2.2CHN/c1-8(17)14-13-7-9-4-5-10-11(6-9)16(3)12(18)15(10)2;2*1-2/h4-7H,1-3H3,(H,14,17);2*1H. The molecule has 1 amide bonds. The monoisotopic (exact) mass is 300 g/mol. The Labute approximate surface area is 127 Å². The van der Waals surface area contributed by atoms with E-state index in [0.717, 1.165) is 16.6 Å². The molecule has 1 aromatic heterocycles. The average Bonchev–Trinajstić information content (AvgIpc) is 2.75. The van der Waals surface area contributed by atoms with Crippen LogP contribution in [0, 0.1) is 23.7 Å². The molecule has 8 heteroatoms. The van der Waals surface area contributed by atoms with Crippen LogP contribution in [0.4, 0.5) is 0 Å². The minimum Gasteiger partial charge on any atom is -0.295 e. The molecule has 2 aromatic rings. The lowest BCUT2D eigenvalue weighted by Crippen LogP contribution is -2.19. The van der Waals surface area contributed by atoms with Gasteiger partial charge < -0.3 is 0 Å². The second kappa shape index (κ2) is 8.72. The maximum Gasteiger partial charge on any atom is 0.328 e. The molecule has 0 bridgehead atoms. The number of nitriles is 2. The molecular formula is C14H16N6O2. The van der Waals surface area contributed by atoms with Crippen LogP contribution in [-0.2, 0) is 18.9 Å². The smallest absolute Gasteiger partial charge is 0.295 e. The third-order valence-electron chi connectivity index (χ3n) is 2.73. The fourth-order valence-corrected chi connectivity index (χ4v) is 1.80. The van der Waals surface area contributed by atoms with E-state index in [9.17, 15) is 9.59 Å². The Balaban J connectivity index is 0.00000102. The molecule has 0 fully saturated rings. The van der Waals surface area contributed by atoms with Crippen LogP contribution < -0.4 is 11.1 Å². The third-order valence-corrected chi connectivity index (χ3v) is 2.73. The van der Waals surface area contributed by atoms with Crippen molar-refractivity contribution in [1.82, 2.24) is 14.6 Å². The molecule has 1 N–H and O–H groups in total. The highest BCUT2D eigenvalue weighted by molar-refractivity contribution is 5.88. The van der Waals surface area contributed by atoms with E-state index < -0.39 is 0 Å². The summed E-state index contributed by atoms with van der Waals surface area (Å²) in [5.41, 5.74) is 4.77. The number of fused-ring (bicyclic) bond motifs is 1. The first kappa shape index (κ1) is 18.6. The summed E-state index contributed by atoms with van der Waals surface area (Å²) in [7, 11) is 3.45. The first-order valence-electron chi connectivity index (χ1n) is 5.97. The Hall–Kier alpha value is -3.39. The number of hydrogen-bond acceptors (Lipinski definition) is 5. The lowest BCUT2D eigenvalue weighted by molar-refractivity contribution is -0.118. The molecule has 0 aliphatic rings. The Morgan fingerprint density at radius 1 is 1.18 bits per heavy atom. The largest absolute Gasteiger partial charge is 0.328 e. The molecule has 114 valence electrons. The van der Waals surface area contributed by atoms with Crippen molar-refractivity contribution in [3.8, 4) is 13.1 Å². The molecule has 0 unspecified atom stereocenters. The summed E-state index contributed by atoms with van der Waals surface area (Å²) in [4.78, 5) is 22.4. The summed E-state index contributed by atoms with van der Waals surface area (Å²) in [6, 6.07) is 5.54. The topological polar surface area (TPSA) is 116 Å². The number of nitrogens with one attached hydrogen (secondary N) is 1. The predicted octanol–water partition coefficient (Wildman–Crippen LogP) is 0.627. The number of aryl methyl sites for hydroxylation is 2. The van der Waals surface area contributed by atoms with Crippen molar-refractivity contribution in [3.05, 3.63) is 34.2 Å². The molecule has 0 atom stereocenters. The average molecular weight is 300 g/mol. The van der Waals surface area contributed by atoms with Gasteiger partial charge in [-0.15, -0.1) is 0 Å². The van der Waals surface area contributed by atoms with Gasteiger partial charge in [0.15, 0.2) is 0 Å². The summed E-state index contributed by atoms with van der Waals surface area (Å²) in [6.07, 6.45) is 1.54. The van der Waals surface area contributed by atoms with Crippen molar-refractivity contribution >= 4 is 23.2 Å². The maximum atomic E-state index is 11.7. The second-order valence-electron chi connectivity index (χ2n) is 4.07. The Morgan fingerprint density at radius 2 is 1.73 bits per heavy atom. The molecule has 0 saturated carbocycles. The van der Waals surface area contributed by atoms with Gasteiger partial charge in [-0.2, -0.15) is 5.10 Å². The minimum absolute atomic E-state index is 0.0686. The van der Waals surface area contributed by atoms with Gasteiger partial charge in [-0.3, -0.25) is 13.9 Å². The summed E-state index contributed by atoms with van der Waals surface area (Å²) in [5.74, 6) is -0.223. The van der Waals surface area contributed by atoms with Crippen LogP contribution in [0.3, 0.4) is 0 Å². The molecule has 0 saturated heterocycles. The lowest BCUT2D eigenvalue weighted by atomic mass is 10.2. The Kier molecular flexibility index (Phi) is 7.37. The van der Waals surface area contributed by atoms with E-state index in [0.29, 0.717) is 0 Å². The third kappa shape index (κ3) is 4.05. The van der Waals surface area contributed by atoms with E-state index in [-0.39, 0.29) is 11.6 Å². The maximum absolute atomic E-state index is 11.7. The number of nitrogens with zero attached hydrogens (tertiary/aromatic N) is 5. The van der Waals surface area contributed by atoms with Gasteiger partial charge in [0.25, 0.3) is 0 Å². The van der Waals surface area contributed by atoms with E-state index in [2.05, 4.69) is 23.7 Å². The number of carbonyl (C=O) groups excluding carboxylic acids is 1. The summed E-state index contributed by atoms with van der Waals surface area (Å²) in [6.45, 7) is 8.39. The van der Waals surface area contributed by atoms with E-state index in [4.69, 9.17) is 10.5 Å². The van der Waals surface area contributed by atoms with E-state index in [1.165, 1.54) is 13.1 Å². The van der Waals surface area contributed by atoms with Crippen molar-refractivity contribution < 1.29 is 4.79 Å². The van der Waals surface area contributed by atoms with Gasteiger partial charge in [-0.1, -0.05) is 6.07 Å². The summed E-state index contributed by atoms with van der Waals surface area (Å²) in [5, 5.41) is 16.8. The summed E-state index contributed by atoms with van der Waals surface area (Å²) < 4.78 is 3.16. The van der Waals surface area contributed by atoms with Crippen LogP contribution in [0.15, 0.2) is 28.1 Å². The van der Waals surface area contributed by atoms with Crippen LogP contribution in [0.1, 0.15) is 12.5 Å². The number of hydrogen-bond donors (Lipinski definition) is 1. The molecule has 2 rings (SSSR count). The Morgan fingerprint density at radius 3 is 2.27 bits per heavy atom. The highest BCUT2D eigenvalue weighted by atomic mass is 16.2. The quantitative estimate of drug-likeness (QED) is 0.646. The normalized spacial score (nSPS) is 9.41.